The molecule has 6 N–H and O–H groups in total. The summed E-state index contributed by atoms with van der Waals surface area (Å²) >= 11 is 0. The van der Waals surface area contributed by atoms with Crippen molar-refractivity contribution in [2.45, 2.75) is 108 Å². The lowest BCUT2D eigenvalue weighted by Gasteiger charge is -2.47. The third kappa shape index (κ3) is 8.34. The summed E-state index contributed by atoms with van der Waals surface area (Å²) in [5.74, 6) is -2.19. The van der Waals surface area contributed by atoms with Gasteiger partial charge >= 0.3 is 7.82 Å². The predicted octanol–water partition coefficient (Wildman–Crippen LogP) is 1.58. The predicted molar refractivity (Wildman–Crippen MR) is 102 cm³/mol. The van der Waals surface area contributed by atoms with Crippen LogP contribution in [0.5, 0.6) is 0 Å². The van der Waals surface area contributed by atoms with Crippen LogP contribution in [0.3, 0.4) is 0 Å². The third-order valence-electron chi connectivity index (χ3n) is 5.19. The van der Waals surface area contributed by atoms with Crippen molar-refractivity contribution in [1.29, 1.82) is 0 Å². The van der Waals surface area contributed by atoms with E-state index in [1.54, 1.807) is 0 Å². The second kappa shape index (κ2) is 12.6. The monoisotopic (exact) mass is 428 g/mol. The number of rotatable bonds is 14. The fraction of sp³-hybridized carbons (Fsp3) is 1.00. The summed E-state index contributed by atoms with van der Waals surface area (Å²) in [7, 11) is -5.06. The van der Waals surface area contributed by atoms with E-state index in [0.29, 0.717) is 6.42 Å². The van der Waals surface area contributed by atoms with Gasteiger partial charge < -0.3 is 34.9 Å². The Labute approximate surface area is 166 Å². The van der Waals surface area contributed by atoms with E-state index in [1.165, 1.54) is 32.1 Å². The van der Waals surface area contributed by atoms with Gasteiger partial charge in [-0.1, -0.05) is 64.7 Å². The highest BCUT2D eigenvalue weighted by Gasteiger charge is 2.56. The van der Waals surface area contributed by atoms with E-state index in [-0.39, 0.29) is 6.42 Å². The molecule has 0 bridgehead atoms. The van der Waals surface area contributed by atoms with Crippen molar-refractivity contribution in [2.24, 2.45) is 0 Å². The number of unbranched alkanes of at least 4 members (excludes halogenated alkanes) is 9. The average molecular weight is 428 g/mol. The standard InChI is InChI=1S/C18H37O9P/c1-2-3-4-5-6-7-8-9-10-11-12-18(27-28(23,24)25)17(22)16(21)15(20)14(13-19)26-18/h14-17,19-22H,2-13H2,1H3,(H2,23,24,25)/t14-,15-,16+,17-,18?/m1/s1. The van der Waals surface area contributed by atoms with E-state index in [2.05, 4.69) is 6.92 Å². The molecular formula is C18H37O9P. The Morgan fingerprint density at radius 1 is 0.893 bits per heavy atom. The Morgan fingerprint density at radius 2 is 1.39 bits per heavy atom. The molecule has 0 aliphatic carbocycles. The number of aliphatic hydroxyl groups is 4. The van der Waals surface area contributed by atoms with E-state index in [0.717, 1.165) is 25.7 Å². The minimum absolute atomic E-state index is 0.0872. The van der Waals surface area contributed by atoms with Crippen LogP contribution >= 0.6 is 7.82 Å². The fourth-order valence-corrected chi connectivity index (χ4v) is 4.24. The zero-order valence-electron chi connectivity index (χ0n) is 16.6. The fourth-order valence-electron chi connectivity index (χ4n) is 3.60. The van der Waals surface area contributed by atoms with Crippen LogP contribution in [0.4, 0.5) is 0 Å². The number of hydrogen-bond donors (Lipinski definition) is 6. The van der Waals surface area contributed by atoms with Gasteiger partial charge in [0.25, 0.3) is 0 Å². The molecule has 9 nitrogen and oxygen atoms in total. The molecule has 0 aromatic heterocycles. The summed E-state index contributed by atoms with van der Waals surface area (Å²) in [5.41, 5.74) is 0. The van der Waals surface area contributed by atoms with Crippen molar-refractivity contribution >= 4 is 7.82 Å². The quantitative estimate of drug-likeness (QED) is 0.178. The molecule has 1 aliphatic heterocycles. The van der Waals surface area contributed by atoms with Crippen LogP contribution in [-0.2, 0) is 13.8 Å². The Kier molecular flexibility index (Phi) is 11.6. The van der Waals surface area contributed by atoms with Crippen molar-refractivity contribution in [2.75, 3.05) is 6.61 Å². The molecule has 10 heteroatoms. The Morgan fingerprint density at radius 3 is 1.86 bits per heavy atom. The molecular weight excluding hydrogens is 391 g/mol. The van der Waals surface area contributed by atoms with Crippen molar-refractivity contribution in [3.05, 3.63) is 0 Å². The van der Waals surface area contributed by atoms with Gasteiger partial charge in [-0.2, -0.15) is 0 Å². The highest BCUT2D eigenvalue weighted by molar-refractivity contribution is 7.46. The van der Waals surface area contributed by atoms with Crippen LogP contribution in [0, 0.1) is 0 Å². The first-order valence-corrected chi connectivity index (χ1v) is 11.8. The Hall–Kier alpha value is -0.0900. The van der Waals surface area contributed by atoms with Gasteiger partial charge in [0.1, 0.15) is 24.4 Å². The zero-order valence-corrected chi connectivity index (χ0v) is 17.5. The van der Waals surface area contributed by atoms with Crippen LogP contribution in [0.25, 0.3) is 0 Å². The summed E-state index contributed by atoms with van der Waals surface area (Å²) in [6.45, 7) is 1.48. The largest absolute Gasteiger partial charge is 0.472 e. The molecule has 1 unspecified atom stereocenters. The van der Waals surface area contributed by atoms with E-state index in [9.17, 15) is 34.8 Å². The lowest BCUT2D eigenvalue weighted by molar-refractivity contribution is -0.343. The first kappa shape index (κ1) is 25.9. The van der Waals surface area contributed by atoms with Gasteiger partial charge in [0.05, 0.1) is 6.61 Å². The second-order valence-electron chi connectivity index (χ2n) is 7.59. The van der Waals surface area contributed by atoms with E-state index < -0.39 is 44.6 Å². The molecule has 5 atom stereocenters. The van der Waals surface area contributed by atoms with Gasteiger partial charge in [-0.3, -0.25) is 4.52 Å². The van der Waals surface area contributed by atoms with Crippen molar-refractivity contribution in [3.63, 3.8) is 0 Å². The van der Waals surface area contributed by atoms with Gasteiger partial charge in [0, 0.05) is 6.42 Å². The summed E-state index contributed by atoms with van der Waals surface area (Å²) in [6.07, 6.45) is 3.79. The highest BCUT2D eigenvalue weighted by atomic mass is 31.2. The first-order valence-electron chi connectivity index (χ1n) is 10.3. The van der Waals surface area contributed by atoms with Crippen molar-refractivity contribution in [1.82, 2.24) is 0 Å². The first-order chi connectivity index (χ1) is 13.2. The van der Waals surface area contributed by atoms with Crippen molar-refractivity contribution in [3.8, 4) is 0 Å². The second-order valence-corrected chi connectivity index (χ2v) is 8.75. The van der Waals surface area contributed by atoms with Gasteiger partial charge in [0.15, 0.2) is 0 Å². The summed E-state index contributed by atoms with van der Waals surface area (Å²) in [4.78, 5) is 18.4. The van der Waals surface area contributed by atoms with Crippen LogP contribution < -0.4 is 0 Å². The maximum absolute atomic E-state index is 11.4. The van der Waals surface area contributed by atoms with Crippen LogP contribution in [0.1, 0.15) is 77.6 Å². The molecule has 0 radical (unpaired) electrons. The van der Waals surface area contributed by atoms with Crippen molar-refractivity contribution < 1.29 is 44.0 Å². The molecule has 0 spiro atoms. The summed E-state index contributed by atoms with van der Waals surface area (Å²) in [6, 6.07) is 0. The van der Waals surface area contributed by atoms with E-state index in [1.807, 2.05) is 0 Å². The summed E-state index contributed by atoms with van der Waals surface area (Å²) < 4.78 is 21.5. The van der Waals surface area contributed by atoms with E-state index >= 15 is 0 Å². The van der Waals surface area contributed by atoms with Gasteiger partial charge in [0.2, 0.25) is 5.79 Å². The van der Waals surface area contributed by atoms with Crippen LogP contribution in [0.2, 0.25) is 0 Å². The van der Waals surface area contributed by atoms with Crippen LogP contribution in [0.15, 0.2) is 0 Å². The number of phosphoric ester groups is 1. The maximum atomic E-state index is 11.4. The van der Waals surface area contributed by atoms with E-state index in [4.69, 9.17) is 9.26 Å². The average Bonchev–Trinajstić information content (AvgIpc) is 2.63. The number of aliphatic hydroxyl groups excluding tert-OH is 4. The molecule has 168 valence electrons. The van der Waals surface area contributed by atoms with Gasteiger partial charge in [-0.05, 0) is 6.42 Å². The molecule has 0 amide bonds. The molecule has 0 aromatic carbocycles. The smallest absolute Gasteiger partial charge is 0.394 e. The number of hydrogen-bond acceptors (Lipinski definition) is 7. The lowest BCUT2D eigenvalue weighted by atomic mass is 9.89. The Bertz CT molecular complexity index is 470. The number of phosphoric acid groups is 1. The zero-order chi connectivity index (χ0) is 21.2. The molecule has 28 heavy (non-hydrogen) atoms. The normalized spacial score (nSPS) is 31.2. The van der Waals surface area contributed by atoms with Gasteiger partial charge in [-0.25, -0.2) is 4.57 Å². The minimum atomic E-state index is -5.06. The lowest BCUT2D eigenvalue weighted by Crippen LogP contribution is -2.65. The molecule has 1 aliphatic rings. The molecule has 0 aromatic rings. The third-order valence-corrected chi connectivity index (χ3v) is 5.73. The minimum Gasteiger partial charge on any atom is -0.394 e. The Balaban J connectivity index is 2.53. The molecule has 1 rings (SSSR count). The molecule has 1 fully saturated rings. The highest BCUT2D eigenvalue weighted by Crippen LogP contribution is 2.48. The SMILES string of the molecule is CCCCCCCCCCCCC1(OP(=O)(O)O)O[C@H](CO)[C@@H](O)[C@H](O)[C@H]1O. The van der Waals surface area contributed by atoms with Gasteiger partial charge in [-0.15, -0.1) is 0 Å². The molecule has 0 saturated carbocycles. The van der Waals surface area contributed by atoms with Crippen LogP contribution in [-0.4, -0.2) is 67.0 Å². The summed E-state index contributed by atoms with van der Waals surface area (Å²) in [5, 5.41) is 39.5. The maximum Gasteiger partial charge on any atom is 0.472 e. The topological polar surface area (TPSA) is 157 Å². The molecule has 1 heterocycles. The number of ether oxygens (including phenoxy) is 1. The molecule has 1 saturated heterocycles.